The van der Waals surface area contributed by atoms with Crippen molar-refractivity contribution in [3.05, 3.63) is 0 Å². The van der Waals surface area contributed by atoms with Crippen molar-refractivity contribution in [1.82, 2.24) is 0 Å². The van der Waals surface area contributed by atoms with Gasteiger partial charge in [-0.3, -0.25) is 0 Å². The van der Waals surface area contributed by atoms with Crippen LogP contribution in [-0.4, -0.2) is 32.3 Å². The molecule has 1 aliphatic rings. The Labute approximate surface area is 84.7 Å². The van der Waals surface area contributed by atoms with E-state index in [1.807, 2.05) is 0 Å². The Kier molecular flexibility index (Phi) is 4.90. The van der Waals surface area contributed by atoms with Crippen molar-refractivity contribution >= 4 is 5.97 Å². The van der Waals surface area contributed by atoms with Gasteiger partial charge in [0.25, 0.3) is 0 Å². The maximum absolute atomic E-state index is 10.9. The molecule has 2 N–H and O–H groups in total. The normalized spacial score (nSPS) is 27.3. The van der Waals surface area contributed by atoms with E-state index in [1.54, 1.807) is 0 Å². The van der Waals surface area contributed by atoms with Crippen LogP contribution in [0.25, 0.3) is 0 Å². The molecular formula is C10H19NO3. The monoisotopic (exact) mass is 201 g/mol. The second-order valence-electron chi connectivity index (χ2n) is 3.71. The Morgan fingerprint density at radius 2 is 2.14 bits per heavy atom. The Bertz CT molecular complexity index is 184. The second kappa shape index (κ2) is 5.98. The Morgan fingerprint density at radius 3 is 2.79 bits per heavy atom. The summed E-state index contributed by atoms with van der Waals surface area (Å²) in [5, 5.41) is 0. The molecule has 0 bridgehead atoms. The molecule has 0 saturated heterocycles. The molecule has 2 unspecified atom stereocenters. The van der Waals surface area contributed by atoms with Crippen LogP contribution in [0.15, 0.2) is 0 Å². The lowest BCUT2D eigenvalue weighted by atomic mass is 9.86. The van der Waals surface area contributed by atoms with Gasteiger partial charge in [-0.25, -0.2) is 4.79 Å². The molecule has 1 aliphatic carbocycles. The molecule has 82 valence electrons. The van der Waals surface area contributed by atoms with Crippen molar-refractivity contribution in [2.45, 2.75) is 31.8 Å². The van der Waals surface area contributed by atoms with Gasteiger partial charge in [0.1, 0.15) is 6.61 Å². The lowest BCUT2D eigenvalue weighted by molar-refractivity contribution is -0.149. The van der Waals surface area contributed by atoms with Crippen molar-refractivity contribution in [3.63, 3.8) is 0 Å². The van der Waals surface area contributed by atoms with Crippen LogP contribution < -0.4 is 5.73 Å². The Morgan fingerprint density at radius 1 is 1.43 bits per heavy atom. The van der Waals surface area contributed by atoms with Gasteiger partial charge in [-0.1, -0.05) is 12.8 Å². The van der Waals surface area contributed by atoms with Gasteiger partial charge in [-0.05, 0) is 25.3 Å². The zero-order valence-corrected chi connectivity index (χ0v) is 8.70. The van der Waals surface area contributed by atoms with Gasteiger partial charge < -0.3 is 15.2 Å². The molecule has 2 atom stereocenters. The number of carbonyl (C=O) groups is 1. The highest BCUT2D eigenvalue weighted by molar-refractivity contribution is 5.70. The molecule has 0 amide bonds. The van der Waals surface area contributed by atoms with Crippen LogP contribution in [-0.2, 0) is 14.3 Å². The molecule has 1 saturated carbocycles. The fourth-order valence-corrected chi connectivity index (χ4v) is 1.90. The fourth-order valence-electron chi connectivity index (χ4n) is 1.90. The quantitative estimate of drug-likeness (QED) is 0.680. The van der Waals surface area contributed by atoms with Gasteiger partial charge in [0, 0.05) is 0 Å². The second-order valence-corrected chi connectivity index (χ2v) is 3.71. The van der Waals surface area contributed by atoms with Crippen molar-refractivity contribution in [2.75, 3.05) is 20.3 Å². The Hall–Kier alpha value is -0.610. The average molecular weight is 201 g/mol. The lowest BCUT2D eigenvalue weighted by Gasteiger charge is -2.30. The fraction of sp³-hybridized carbons (Fsp3) is 0.900. The molecule has 0 aromatic rings. The van der Waals surface area contributed by atoms with Crippen molar-refractivity contribution in [2.24, 2.45) is 11.7 Å². The molecule has 1 fully saturated rings. The van der Waals surface area contributed by atoms with Crippen LogP contribution in [0.5, 0.6) is 0 Å². The number of hydrogen-bond donors (Lipinski definition) is 1. The van der Waals surface area contributed by atoms with E-state index in [2.05, 4.69) is 4.74 Å². The van der Waals surface area contributed by atoms with E-state index in [1.165, 1.54) is 20.0 Å². The van der Waals surface area contributed by atoms with E-state index in [-0.39, 0.29) is 18.7 Å². The largest absolute Gasteiger partial charge is 0.467 e. The predicted octanol–water partition coefficient (Wildman–Crippen LogP) is 0.693. The number of rotatable bonds is 4. The Balaban J connectivity index is 2.29. The van der Waals surface area contributed by atoms with E-state index in [4.69, 9.17) is 10.5 Å². The minimum Gasteiger partial charge on any atom is -0.467 e. The van der Waals surface area contributed by atoms with Gasteiger partial charge >= 0.3 is 5.97 Å². The molecule has 4 nitrogen and oxygen atoms in total. The van der Waals surface area contributed by atoms with Crippen molar-refractivity contribution < 1.29 is 14.3 Å². The number of ether oxygens (including phenoxy) is 2. The van der Waals surface area contributed by atoms with Crippen molar-refractivity contribution in [1.29, 1.82) is 0 Å². The summed E-state index contributed by atoms with van der Waals surface area (Å²) >= 11 is 0. The van der Waals surface area contributed by atoms with Crippen LogP contribution in [0.3, 0.4) is 0 Å². The third kappa shape index (κ3) is 3.27. The molecule has 0 aliphatic heterocycles. The first-order valence-electron chi connectivity index (χ1n) is 5.16. The molecular weight excluding hydrogens is 182 g/mol. The number of esters is 1. The molecule has 0 heterocycles. The number of carbonyl (C=O) groups excluding carboxylic acids is 1. The summed E-state index contributed by atoms with van der Waals surface area (Å²) in [6.07, 6.45) is 4.66. The van der Waals surface area contributed by atoms with Crippen LogP contribution in [0, 0.1) is 5.92 Å². The first-order valence-corrected chi connectivity index (χ1v) is 5.16. The van der Waals surface area contributed by atoms with Gasteiger partial charge in [-0.15, -0.1) is 0 Å². The van der Waals surface area contributed by atoms with E-state index in [0.717, 1.165) is 12.8 Å². The third-order valence-electron chi connectivity index (χ3n) is 2.79. The van der Waals surface area contributed by atoms with Gasteiger partial charge in [0.05, 0.1) is 13.2 Å². The molecule has 0 aromatic heterocycles. The number of nitrogens with two attached hydrogens (primary N) is 1. The molecule has 4 heteroatoms. The van der Waals surface area contributed by atoms with Gasteiger partial charge in [0.2, 0.25) is 0 Å². The lowest BCUT2D eigenvalue weighted by Crippen LogP contribution is -2.34. The molecule has 0 aromatic carbocycles. The number of hydrogen-bond acceptors (Lipinski definition) is 4. The highest BCUT2D eigenvalue weighted by Gasteiger charge is 2.25. The molecule has 0 radical (unpaired) electrons. The van der Waals surface area contributed by atoms with E-state index in [9.17, 15) is 4.79 Å². The predicted molar refractivity (Wildman–Crippen MR) is 52.8 cm³/mol. The van der Waals surface area contributed by atoms with Gasteiger partial charge in [-0.2, -0.15) is 0 Å². The zero-order chi connectivity index (χ0) is 10.4. The summed E-state index contributed by atoms with van der Waals surface area (Å²) in [6.45, 7) is 0.698. The van der Waals surface area contributed by atoms with Gasteiger partial charge in [0.15, 0.2) is 0 Å². The van der Waals surface area contributed by atoms with E-state index >= 15 is 0 Å². The van der Waals surface area contributed by atoms with E-state index in [0.29, 0.717) is 12.5 Å². The van der Waals surface area contributed by atoms with Crippen LogP contribution >= 0.6 is 0 Å². The minimum atomic E-state index is -0.314. The van der Waals surface area contributed by atoms with Crippen molar-refractivity contribution in [3.8, 4) is 0 Å². The maximum Gasteiger partial charge on any atom is 0.331 e. The average Bonchev–Trinajstić information content (AvgIpc) is 2.26. The highest BCUT2D eigenvalue weighted by atomic mass is 16.6. The third-order valence-corrected chi connectivity index (χ3v) is 2.79. The SMILES string of the molecule is COC(=O)COC1CCCCC1CN. The summed E-state index contributed by atoms with van der Waals surface area (Å²) in [4.78, 5) is 10.9. The summed E-state index contributed by atoms with van der Waals surface area (Å²) in [5.74, 6) is 0.0970. The number of methoxy groups -OCH3 is 1. The maximum atomic E-state index is 10.9. The smallest absolute Gasteiger partial charge is 0.331 e. The summed E-state index contributed by atoms with van der Waals surface area (Å²) in [6, 6.07) is 0. The summed E-state index contributed by atoms with van der Waals surface area (Å²) < 4.78 is 10.00. The zero-order valence-electron chi connectivity index (χ0n) is 8.70. The topological polar surface area (TPSA) is 61.5 Å². The highest BCUT2D eigenvalue weighted by Crippen LogP contribution is 2.25. The first-order chi connectivity index (χ1) is 6.77. The first kappa shape index (κ1) is 11.5. The molecule has 1 rings (SSSR count). The van der Waals surface area contributed by atoms with Crippen LogP contribution in [0.4, 0.5) is 0 Å². The standard InChI is InChI=1S/C10H19NO3/c1-13-10(12)7-14-9-5-3-2-4-8(9)6-11/h8-9H,2-7,11H2,1H3. The summed E-state index contributed by atoms with van der Waals surface area (Å²) in [5.41, 5.74) is 5.64. The van der Waals surface area contributed by atoms with Crippen LogP contribution in [0.2, 0.25) is 0 Å². The minimum absolute atomic E-state index is 0.0532. The van der Waals surface area contributed by atoms with Crippen LogP contribution in [0.1, 0.15) is 25.7 Å². The van der Waals surface area contributed by atoms with E-state index < -0.39 is 0 Å². The molecule has 14 heavy (non-hydrogen) atoms. The molecule has 0 spiro atoms. The summed E-state index contributed by atoms with van der Waals surface area (Å²) in [7, 11) is 1.37.